The van der Waals surface area contributed by atoms with Crippen molar-refractivity contribution in [1.29, 1.82) is 0 Å². The van der Waals surface area contributed by atoms with Crippen molar-refractivity contribution in [1.82, 2.24) is 15.2 Å². The van der Waals surface area contributed by atoms with Crippen molar-refractivity contribution >= 4 is 6.01 Å². The van der Waals surface area contributed by atoms with Crippen LogP contribution in [0.2, 0.25) is 0 Å². The Labute approximate surface area is 62.2 Å². The smallest absolute Gasteiger partial charge is 0.313 e. The summed E-state index contributed by atoms with van der Waals surface area (Å²) in [5.74, 6) is 0.434. The highest BCUT2D eigenvalue weighted by atomic mass is 16.4. The lowest BCUT2D eigenvalue weighted by atomic mass is 10.3. The van der Waals surface area contributed by atoms with Crippen LogP contribution in [0.3, 0.4) is 0 Å². The molecule has 0 saturated carbocycles. The number of nitrogen functional groups attached to an aromatic ring is 1. The van der Waals surface area contributed by atoms with Crippen LogP contribution in [-0.2, 0) is 0 Å². The molecule has 0 aromatic carbocycles. The van der Waals surface area contributed by atoms with E-state index in [1.165, 1.54) is 0 Å². The van der Waals surface area contributed by atoms with Gasteiger partial charge in [0.25, 0.3) is 5.89 Å². The van der Waals surface area contributed by atoms with Gasteiger partial charge >= 0.3 is 6.01 Å². The molecule has 0 spiro atoms. The van der Waals surface area contributed by atoms with E-state index in [9.17, 15) is 0 Å². The molecule has 3 N–H and O–H groups in total. The van der Waals surface area contributed by atoms with Gasteiger partial charge in [-0.1, -0.05) is 5.10 Å². The van der Waals surface area contributed by atoms with Gasteiger partial charge in [-0.15, -0.1) is 5.10 Å². The Kier molecular flexibility index (Phi) is 1.15. The number of nitrogens with zero attached hydrogens (tertiary/aromatic N) is 2. The number of nitrogens with two attached hydrogens (primary N) is 1. The van der Waals surface area contributed by atoms with Crippen molar-refractivity contribution in [2.24, 2.45) is 0 Å². The molecule has 0 aliphatic heterocycles. The molecule has 56 valence electrons. The van der Waals surface area contributed by atoms with Crippen LogP contribution < -0.4 is 5.73 Å². The summed E-state index contributed by atoms with van der Waals surface area (Å²) in [6.45, 7) is 0. The van der Waals surface area contributed by atoms with Crippen LogP contribution in [0.25, 0.3) is 11.5 Å². The van der Waals surface area contributed by atoms with E-state index in [1.54, 1.807) is 12.4 Å². The quantitative estimate of drug-likeness (QED) is 0.625. The molecule has 0 saturated heterocycles. The number of aromatic nitrogens is 3. The molecule has 0 unspecified atom stereocenters. The number of nitrogens with one attached hydrogen (secondary N) is 1. The minimum Gasteiger partial charge on any atom is -0.404 e. The first kappa shape index (κ1) is 5.96. The highest BCUT2D eigenvalue weighted by Gasteiger charge is 2.04. The van der Waals surface area contributed by atoms with Crippen molar-refractivity contribution in [3.05, 3.63) is 18.5 Å². The van der Waals surface area contributed by atoms with Crippen LogP contribution in [0, 0.1) is 0 Å². The van der Waals surface area contributed by atoms with Crippen molar-refractivity contribution in [2.75, 3.05) is 5.73 Å². The molecule has 0 atom stereocenters. The first-order valence-corrected chi connectivity index (χ1v) is 3.08. The maximum absolute atomic E-state index is 5.23. The van der Waals surface area contributed by atoms with Crippen LogP contribution in [0.4, 0.5) is 6.01 Å². The molecular formula is C6H6N4O. The van der Waals surface area contributed by atoms with Gasteiger partial charge < -0.3 is 15.1 Å². The zero-order chi connectivity index (χ0) is 7.68. The Morgan fingerprint density at radius 1 is 1.45 bits per heavy atom. The minimum absolute atomic E-state index is 0.0844. The van der Waals surface area contributed by atoms with Crippen molar-refractivity contribution < 1.29 is 4.42 Å². The lowest BCUT2D eigenvalue weighted by molar-refractivity contribution is 0.590. The molecule has 11 heavy (non-hydrogen) atoms. The average Bonchev–Trinajstić information content (AvgIpc) is 2.55. The van der Waals surface area contributed by atoms with Crippen molar-refractivity contribution in [3.8, 4) is 11.5 Å². The first-order valence-electron chi connectivity index (χ1n) is 3.08. The van der Waals surface area contributed by atoms with Gasteiger partial charge in [-0.3, -0.25) is 0 Å². The summed E-state index contributed by atoms with van der Waals surface area (Å²) in [6.07, 6.45) is 3.53. The molecule has 5 nitrogen and oxygen atoms in total. The number of hydrogen-bond donors (Lipinski definition) is 2. The van der Waals surface area contributed by atoms with Crippen LogP contribution >= 0.6 is 0 Å². The van der Waals surface area contributed by atoms with Crippen molar-refractivity contribution in [3.63, 3.8) is 0 Å². The summed E-state index contributed by atoms with van der Waals surface area (Å²) < 4.78 is 4.96. The van der Waals surface area contributed by atoms with Gasteiger partial charge in [-0.25, -0.2) is 0 Å². The van der Waals surface area contributed by atoms with Crippen LogP contribution in [-0.4, -0.2) is 15.2 Å². The van der Waals surface area contributed by atoms with Gasteiger partial charge in [-0.05, 0) is 6.07 Å². The zero-order valence-electron chi connectivity index (χ0n) is 5.61. The molecule has 0 amide bonds. The van der Waals surface area contributed by atoms with E-state index in [0.717, 1.165) is 5.56 Å². The van der Waals surface area contributed by atoms with Crippen LogP contribution in [0.1, 0.15) is 0 Å². The van der Waals surface area contributed by atoms with E-state index in [-0.39, 0.29) is 6.01 Å². The van der Waals surface area contributed by atoms with Gasteiger partial charge in [0, 0.05) is 12.4 Å². The number of H-pyrrole nitrogens is 1. The lowest BCUT2D eigenvalue weighted by Crippen LogP contribution is -1.81. The summed E-state index contributed by atoms with van der Waals surface area (Å²) in [7, 11) is 0. The third-order valence-electron chi connectivity index (χ3n) is 1.29. The fourth-order valence-electron chi connectivity index (χ4n) is 0.808. The third kappa shape index (κ3) is 0.958. The van der Waals surface area contributed by atoms with E-state index in [2.05, 4.69) is 15.2 Å². The number of anilines is 1. The monoisotopic (exact) mass is 150 g/mol. The van der Waals surface area contributed by atoms with Gasteiger partial charge in [0.05, 0.1) is 5.56 Å². The molecule has 2 rings (SSSR count). The largest absolute Gasteiger partial charge is 0.404 e. The predicted octanol–water partition coefficient (Wildman–Crippen LogP) is 0.647. The second-order valence-electron chi connectivity index (χ2n) is 2.05. The maximum atomic E-state index is 5.23. The molecule has 0 fully saturated rings. The molecule has 0 aliphatic rings. The molecule has 0 bridgehead atoms. The van der Waals surface area contributed by atoms with Gasteiger partial charge in [0.1, 0.15) is 0 Å². The summed E-state index contributed by atoms with van der Waals surface area (Å²) in [4.78, 5) is 2.87. The van der Waals surface area contributed by atoms with Crippen molar-refractivity contribution in [2.45, 2.75) is 0 Å². The molecule has 2 aromatic heterocycles. The number of aromatic amines is 1. The van der Waals surface area contributed by atoms with Gasteiger partial charge in [0.15, 0.2) is 0 Å². The summed E-state index contributed by atoms with van der Waals surface area (Å²) >= 11 is 0. The van der Waals surface area contributed by atoms with E-state index in [0.29, 0.717) is 5.89 Å². The zero-order valence-corrected chi connectivity index (χ0v) is 5.61. The Hall–Kier alpha value is -1.78. The molecule has 0 aliphatic carbocycles. The Morgan fingerprint density at radius 3 is 2.91 bits per heavy atom. The number of rotatable bonds is 1. The minimum atomic E-state index is 0.0844. The van der Waals surface area contributed by atoms with E-state index >= 15 is 0 Å². The topological polar surface area (TPSA) is 80.7 Å². The van der Waals surface area contributed by atoms with E-state index < -0.39 is 0 Å². The maximum Gasteiger partial charge on any atom is 0.313 e. The first-order chi connectivity index (χ1) is 5.36. The van der Waals surface area contributed by atoms with Gasteiger partial charge in [0.2, 0.25) is 0 Å². The standard InChI is InChI=1S/C6H6N4O/c7-6-10-9-5(11-6)4-1-2-8-3-4/h1-3,8H,(H2,7,10). The molecule has 2 heterocycles. The summed E-state index contributed by atoms with van der Waals surface area (Å²) in [5.41, 5.74) is 6.08. The van der Waals surface area contributed by atoms with Gasteiger partial charge in [-0.2, -0.15) is 0 Å². The summed E-state index contributed by atoms with van der Waals surface area (Å²) in [5, 5.41) is 7.22. The Bertz CT molecular complexity index is 337. The summed E-state index contributed by atoms with van der Waals surface area (Å²) in [6, 6.07) is 1.91. The fourth-order valence-corrected chi connectivity index (χ4v) is 0.808. The highest BCUT2D eigenvalue weighted by molar-refractivity contribution is 5.51. The lowest BCUT2D eigenvalue weighted by Gasteiger charge is -1.82. The normalized spacial score (nSPS) is 10.2. The van der Waals surface area contributed by atoms with E-state index in [1.807, 2.05) is 6.07 Å². The second-order valence-corrected chi connectivity index (χ2v) is 2.05. The molecule has 5 heteroatoms. The Balaban J connectivity index is 2.45. The average molecular weight is 150 g/mol. The molecule has 0 radical (unpaired) electrons. The van der Waals surface area contributed by atoms with Crippen LogP contribution in [0.5, 0.6) is 0 Å². The predicted molar refractivity (Wildman–Crippen MR) is 38.5 cm³/mol. The second kappa shape index (κ2) is 2.12. The highest BCUT2D eigenvalue weighted by Crippen LogP contribution is 2.16. The molecule has 2 aromatic rings. The van der Waals surface area contributed by atoms with E-state index in [4.69, 9.17) is 10.2 Å². The molecular weight excluding hydrogens is 144 g/mol. The number of hydrogen-bond acceptors (Lipinski definition) is 4. The van der Waals surface area contributed by atoms with Crippen LogP contribution in [0.15, 0.2) is 22.9 Å². The Morgan fingerprint density at radius 2 is 2.36 bits per heavy atom. The third-order valence-corrected chi connectivity index (χ3v) is 1.29. The SMILES string of the molecule is Nc1nnc(-c2cc[nH]c2)o1. The fraction of sp³-hybridized carbons (Fsp3) is 0.